The Bertz CT molecular complexity index is 1240. The molecule has 2 N–H and O–H groups in total. The van der Waals surface area contributed by atoms with Crippen molar-refractivity contribution in [3.05, 3.63) is 45.3 Å². The van der Waals surface area contributed by atoms with Gasteiger partial charge in [0.1, 0.15) is 10.5 Å². The average molecular weight is 422 g/mol. The van der Waals surface area contributed by atoms with Gasteiger partial charge in [0, 0.05) is 14.1 Å². The Balaban J connectivity index is 1.86. The predicted octanol–water partition coefficient (Wildman–Crippen LogP) is 2.93. The molecule has 0 atom stereocenters. The van der Waals surface area contributed by atoms with Gasteiger partial charge in [0.05, 0.1) is 23.3 Å². The fourth-order valence-corrected chi connectivity index (χ4v) is 3.90. The van der Waals surface area contributed by atoms with Gasteiger partial charge in [-0.05, 0) is 42.5 Å². The maximum atomic E-state index is 12.5. The van der Waals surface area contributed by atoms with E-state index in [1.807, 2.05) is 18.2 Å². The van der Waals surface area contributed by atoms with Crippen molar-refractivity contribution in [1.82, 2.24) is 14.8 Å². The van der Waals surface area contributed by atoms with Crippen LogP contribution in [-0.4, -0.2) is 36.5 Å². The number of aryl methyl sites for hydroxylation is 1. The van der Waals surface area contributed by atoms with E-state index in [0.717, 1.165) is 24.7 Å². The van der Waals surface area contributed by atoms with Crippen molar-refractivity contribution in [2.75, 3.05) is 22.9 Å². The Morgan fingerprint density at radius 1 is 1.29 bits per heavy atom. The Morgan fingerprint density at radius 3 is 2.64 bits per heavy atom. The van der Waals surface area contributed by atoms with Crippen LogP contribution in [-0.2, 0) is 17.1 Å². The van der Waals surface area contributed by atoms with Crippen molar-refractivity contribution in [2.24, 2.45) is 7.05 Å². The van der Waals surface area contributed by atoms with Gasteiger partial charge in [0.2, 0.25) is 10.0 Å². The Kier molecular flexibility index (Phi) is 4.39. The summed E-state index contributed by atoms with van der Waals surface area (Å²) in [5.74, 6) is 0.472. The fraction of sp³-hybridized carbons (Fsp3) is 0.333. The minimum Gasteiger partial charge on any atom is -0.353 e. The molecule has 10 heteroatoms. The maximum Gasteiger partial charge on any atom is 0.277 e. The first-order valence-electron chi connectivity index (χ1n) is 8.75. The van der Waals surface area contributed by atoms with Crippen LogP contribution in [0, 0.1) is 0 Å². The number of nitrogens with one attached hydrogen (secondary N) is 2. The normalized spacial score (nSPS) is 14.4. The predicted molar refractivity (Wildman–Crippen MR) is 111 cm³/mol. The summed E-state index contributed by atoms with van der Waals surface area (Å²) in [6, 6.07) is 7.26. The zero-order valence-electron chi connectivity index (χ0n) is 15.7. The molecule has 3 aromatic rings. The van der Waals surface area contributed by atoms with Gasteiger partial charge in [0.25, 0.3) is 5.56 Å². The van der Waals surface area contributed by atoms with Crippen molar-refractivity contribution < 1.29 is 8.42 Å². The summed E-state index contributed by atoms with van der Waals surface area (Å²) in [4.78, 5) is 16.6. The number of anilines is 3. The number of benzene rings is 1. The molecule has 1 aliphatic carbocycles. The molecule has 0 radical (unpaired) electrons. The average Bonchev–Trinajstić information content (AvgIpc) is 3.41. The topological polar surface area (TPSA) is 100 Å². The lowest BCUT2D eigenvalue weighted by atomic mass is 10.1. The van der Waals surface area contributed by atoms with Crippen molar-refractivity contribution in [1.29, 1.82) is 0 Å². The molecule has 0 spiro atoms. The SMILES string of the molecule is CN(c1cc(C2CC2)ccc1Nc1cc(Cl)nc2[nH]n(C)c(=O)c12)S(C)(=O)=O. The van der Waals surface area contributed by atoms with E-state index in [2.05, 4.69) is 15.4 Å². The van der Waals surface area contributed by atoms with Crippen LogP contribution in [0.5, 0.6) is 0 Å². The monoisotopic (exact) mass is 421 g/mol. The third-order valence-corrected chi connectivity index (χ3v) is 6.34. The Labute approximate surface area is 167 Å². The number of hydrogen-bond donors (Lipinski definition) is 2. The second-order valence-corrected chi connectivity index (χ2v) is 9.50. The van der Waals surface area contributed by atoms with Crippen molar-refractivity contribution in [3.8, 4) is 0 Å². The minimum atomic E-state index is -3.46. The highest BCUT2D eigenvalue weighted by Crippen LogP contribution is 2.43. The number of sulfonamides is 1. The quantitative estimate of drug-likeness (QED) is 0.617. The summed E-state index contributed by atoms with van der Waals surface area (Å²) in [5, 5.41) is 6.60. The number of aromatic amines is 1. The summed E-state index contributed by atoms with van der Waals surface area (Å²) >= 11 is 6.11. The molecule has 1 aliphatic rings. The van der Waals surface area contributed by atoms with Gasteiger partial charge in [-0.25, -0.2) is 13.4 Å². The number of nitrogens with zero attached hydrogens (tertiary/aromatic N) is 3. The molecule has 2 heterocycles. The first kappa shape index (κ1) is 18.8. The van der Waals surface area contributed by atoms with E-state index >= 15 is 0 Å². The second-order valence-electron chi connectivity index (χ2n) is 7.10. The molecule has 148 valence electrons. The first-order valence-corrected chi connectivity index (χ1v) is 11.0. The lowest BCUT2D eigenvalue weighted by molar-refractivity contribution is 0.600. The number of rotatable bonds is 5. The van der Waals surface area contributed by atoms with Gasteiger partial charge in [-0.1, -0.05) is 17.7 Å². The lowest BCUT2D eigenvalue weighted by Crippen LogP contribution is -2.25. The molecule has 0 saturated heterocycles. The van der Waals surface area contributed by atoms with Crippen molar-refractivity contribution in [3.63, 3.8) is 0 Å². The van der Waals surface area contributed by atoms with Gasteiger partial charge >= 0.3 is 0 Å². The molecule has 1 saturated carbocycles. The lowest BCUT2D eigenvalue weighted by Gasteiger charge is -2.22. The van der Waals surface area contributed by atoms with E-state index in [0.29, 0.717) is 34.0 Å². The van der Waals surface area contributed by atoms with Gasteiger partial charge in [-0.15, -0.1) is 0 Å². The summed E-state index contributed by atoms with van der Waals surface area (Å²) in [5.41, 5.74) is 2.74. The fourth-order valence-electron chi connectivity index (χ4n) is 3.20. The van der Waals surface area contributed by atoms with Gasteiger partial charge in [-0.3, -0.25) is 18.9 Å². The highest BCUT2D eigenvalue weighted by atomic mass is 35.5. The van der Waals surface area contributed by atoms with Crippen molar-refractivity contribution >= 4 is 49.7 Å². The molecule has 0 aliphatic heterocycles. The van der Waals surface area contributed by atoms with Gasteiger partial charge in [0.15, 0.2) is 5.65 Å². The molecule has 0 amide bonds. The van der Waals surface area contributed by atoms with Crippen LogP contribution >= 0.6 is 11.6 Å². The Hall–Kier alpha value is -2.52. The van der Waals surface area contributed by atoms with Crippen molar-refractivity contribution in [2.45, 2.75) is 18.8 Å². The summed E-state index contributed by atoms with van der Waals surface area (Å²) in [6.07, 6.45) is 3.37. The summed E-state index contributed by atoms with van der Waals surface area (Å²) in [7, 11) is -0.361. The molecule has 4 rings (SSSR count). The third kappa shape index (κ3) is 3.35. The van der Waals surface area contributed by atoms with Gasteiger partial charge < -0.3 is 5.32 Å². The molecule has 0 bridgehead atoms. The first-order chi connectivity index (χ1) is 13.1. The number of halogens is 1. The van der Waals surface area contributed by atoms with E-state index < -0.39 is 10.0 Å². The van der Waals surface area contributed by atoms with Gasteiger partial charge in [-0.2, -0.15) is 0 Å². The van der Waals surface area contributed by atoms with Crippen LogP contribution in [0.2, 0.25) is 5.15 Å². The molecular weight excluding hydrogens is 402 g/mol. The van der Waals surface area contributed by atoms with E-state index in [4.69, 9.17) is 11.6 Å². The number of fused-ring (bicyclic) bond motifs is 1. The zero-order valence-corrected chi connectivity index (χ0v) is 17.2. The van der Waals surface area contributed by atoms with E-state index in [1.165, 1.54) is 16.0 Å². The van der Waals surface area contributed by atoms with E-state index in [1.54, 1.807) is 13.1 Å². The molecule has 0 unspecified atom stereocenters. The van der Waals surface area contributed by atoms with Crippen LogP contribution in [0.4, 0.5) is 17.1 Å². The highest BCUT2D eigenvalue weighted by Gasteiger charge is 2.26. The summed E-state index contributed by atoms with van der Waals surface area (Å²) in [6.45, 7) is 0. The van der Waals surface area contributed by atoms with Crippen LogP contribution in [0.1, 0.15) is 24.3 Å². The van der Waals surface area contributed by atoms with Crippen LogP contribution in [0.25, 0.3) is 11.0 Å². The zero-order chi connectivity index (χ0) is 20.2. The minimum absolute atomic E-state index is 0.212. The van der Waals surface area contributed by atoms with Crippen LogP contribution in [0.15, 0.2) is 29.1 Å². The van der Waals surface area contributed by atoms with E-state index in [-0.39, 0.29) is 10.7 Å². The molecule has 1 aromatic carbocycles. The smallest absolute Gasteiger partial charge is 0.277 e. The third-order valence-electron chi connectivity index (χ3n) is 4.96. The largest absolute Gasteiger partial charge is 0.353 e. The molecular formula is C18H20ClN5O3S. The standard InChI is InChI=1S/C18H20ClN5O3S/c1-23-18(25)16-13(9-15(19)21-17(16)22-23)20-12-7-6-11(10-4-5-10)8-14(12)24(2)28(3,26)27/h6-10H,4-5H2,1-3H3,(H2,20,21,22). The second kappa shape index (κ2) is 6.52. The van der Waals surface area contributed by atoms with Crippen LogP contribution < -0.4 is 15.2 Å². The highest BCUT2D eigenvalue weighted by molar-refractivity contribution is 7.92. The number of pyridine rings is 1. The molecule has 8 nitrogen and oxygen atoms in total. The molecule has 2 aromatic heterocycles. The molecule has 28 heavy (non-hydrogen) atoms. The number of hydrogen-bond acceptors (Lipinski definition) is 5. The van der Waals surface area contributed by atoms with Crippen LogP contribution in [0.3, 0.4) is 0 Å². The molecule has 1 fully saturated rings. The number of aromatic nitrogens is 3. The maximum absolute atomic E-state index is 12.5. The summed E-state index contributed by atoms with van der Waals surface area (Å²) < 4.78 is 26.9. The Morgan fingerprint density at radius 2 is 2.00 bits per heavy atom. The number of H-pyrrole nitrogens is 1. The van der Waals surface area contributed by atoms with E-state index in [9.17, 15) is 13.2 Å².